The van der Waals surface area contributed by atoms with Crippen LogP contribution in [0, 0.1) is 5.92 Å². The molecule has 1 spiro atoms. The third-order valence-corrected chi connectivity index (χ3v) is 8.42. The molecule has 1 aliphatic carbocycles. The Labute approximate surface area is 235 Å². The monoisotopic (exact) mass is 515 g/mol. The minimum absolute atomic E-state index is 0.119. The van der Waals surface area contributed by atoms with E-state index in [2.05, 4.69) is 121 Å². The zero-order chi connectivity index (χ0) is 27.1. The lowest BCUT2D eigenvalue weighted by Crippen LogP contribution is -2.45. The van der Waals surface area contributed by atoms with Gasteiger partial charge in [-0.1, -0.05) is 140 Å². The van der Waals surface area contributed by atoms with Crippen LogP contribution >= 0.6 is 0 Å². The van der Waals surface area contributed by atoms with E-state index in [1.165, 1.54) is 0 Å². The maximum absolute atomic E-state index is 14.9. The summed E-state index contributed by atoms with van der Waals surface area (Å²) < 4.78 is 0. The highest BCUT2D eigenvalue weighted by Gasteiger charge is 2.52. The molecule has 0 saturated carbocycles. The summed E-state index contributed by atoms with van der Waals surface area (Å²) in [6.45, 7) is 0. The van der Waals surface area contributed by atoms with Gasteiger partial charge >= 0.3 is 0 Å². The van der Waals surface area contributed by atoms with E-state index in [9.17, 15) is 4.79 Å². The SMILES string of the molecule is CN1c2ccccc2C2(C=C(c3ccccc3)C=C(c3ccccc3)C2C(=O)c2ccccc2)c2ccccc21. The summed E-state index contributed by atoms with van der Waals surface area (Å²) in [5.74, 6) is -0.353. The van der Waals surface area contributed by atoms with Gasteiger partial charge in [0.1, 0.15) is 0 Å². The lowest BCUT2D eigenvalue weighted by atomic mass is 9.55. The number of para-hydroxylation sites is 2. The molecule has 40 heavy (non-hydrogen) atoms. The normalized spacial score (nSPS) is 16.9. The second kappa shape index (κ2) is 9.66. The second-order valence-electron chi connectivity index (χ2n) is 10.6. The highest BCUT2D eigenvalue weighted by Crippen LogP contribution is 2.59. The average Bonchev–Trinajstić information content (AvgIpc) is 3.04. The lowest BCUT2D eigenvalue weighted by Gasteiger charge is -2.49. The van der Waals surface area contributed by atoms with E-state index in [0.717, 1.165) is 50.3 Å². The standard InChI is InChI=1S/C38H29NO/c1-39-34-23-13-11-21-32(34)38(33-22-12-14-24-35(33)39)26-30(27-15-5-2-6-16-27)25-31(28-17-7-3-8-18-28)36(38)37(40)29-19-9-4-10-20-29/h2-26,36H,1H3. The first-order valence-electron chi connectivity index (χ1n) is 13.8. The molecule has 1 atom stereocenters. The van der Waals surface area contributed by atoms with E-state index < -0.39 is 11.3 Å². The number of benzene rings is 5. The molecule has 0 bridgehead atoms. The minimum atomic E-state index is -0.724. The van der Waals surface area contributed by atoms with Gasteiger partial charge in [0.05, 0.1) is 11.3 Å². The third-order valence-electron chi connectivity index (χ3n) is 8.42. The Morgan fingerprint density at radius 3 is 1.65 bits per heavy atom. The topological polar surface area (TPSA) is 20.3 Å². The first-order chi connectivity index (χ1) is 19.7. The van der Waals surface area contributed by atoms with Gasteiger partial charge in [-0.3, -0.25) is 4.79 Å². The molecule has 0 aromatic heterocycles. The Morgan fingerprint density at radius 1 is 0.600 bits per heavy atom. The molecule has 2 heteroatoms. The summed E-state index contributed by atoms with van der Waals surface area (Å²) in [6, 6.07) is 47.8. The Bertz CT molecular complexity index is 1720. The average molecular weight is 516 g/mol. The third kappa shape index (κ3) is 3.68. The molecule has 1 aliphatic heterocycles. The van der Waals surface area contributed by atoms with Crippen LogP contribution in [0.5, 0.6) is 0 Å². The van der Waals surface area contributed by atoms with Crippen LogP contribution in [-0.4, -0.2) is 12.8 Å². The number of ketones is 1. The maximum atomic E-state index is 14.9. The maximum Gasteiger partial charge on any atom is 0.171 e. The van der Waals surface area contributed by atoms with Gasteiger partial charge < -0.3 is 4.90 Å². The first-order valence-corrected chi connectivity index (χ1v) is 13.8. The fourth-order valence-electron chi connectivity index (χ4n) is 6.63. The molecule has 0 amide bonds. The smallest absolute Gasteiger partial charge is 0.171 e. The zero-order valence-electron chi connectivity index (χ0n) is 22.4. The van der Waals surface area contributed by atoms with Crippen LogP contribution in [0.4, 0.5) is 11.4 Å². The number of fused-ring (bicyclic) bond motifs is 4. The van der Waals surface area contributed by atoms with Crippen LogP contribution in [0.3, 0.4) is 0 Å². The van der Waals surface area contributed by atoms with Crippen molar-refractivity contribution in [1.29, 1.82) is 0 Å². The number of anilines is 2. The van der Waals surface area contributed by atoms with Gasteiger partial charge in [-0.25, -0.2) is 0 Å². The molecule has 5 aromatic rings. The number of carbonyl (C=O) groups excluding carboxylic acids is 1. The van der Waals surface area contributed by atoms with E-state index in [0.29, 0.717) is 0 Å². The summed E-state index contributed by atoms with van der Waals surface area (Å²) in [7, 11) is 2.12. The fraction of sp³-hybridized carbons (Fsp3) is 0.0789. The summed E-state index contributed by atoms with van der Waals surface area (Å²) in [4.78, 5) is 17.2. The highest BCUT2D eigenvalue weighted by molar-refractivity contribution is 6.10. The number of Topliss-reactive ketones (excluding diaryl/α,β-unsaturated/α-hetero) is 1. The van der Waals surface area contributed by atoms with Gasteiger partial charge in [0, 0.05) is 24.0 Å². The minimum Gasteiger partial charge on any atom is -0.344 e. The molecule has 0 fully saturated rings. The van der Waals surface area contributed by atoms with Crippen molar-refractivity contribution < 1.29 is 4.79 Å². The molecular formula is C38H29NO. The van der Waals surface area contributed by atoms with E-state index in [1.54, 1.807) is 0 Å². The Hall–Kier alpha value is -4.95. The number of nitrogens with zero attached hydrogens (tertiary/aromatic N) is 1. The van der Waals surface area contributed by atoms with Gasteiger partial charge in [0.15, 0.2) is 5.78 Å². The summed E-state index contributed by atoms with van der Waals surface area (Å²) in [5, 5.41) is 0. The second-order valence-corrected chi connectivity index (χ2v) is 10.6. The molecule has 0 radical (unpaired) electrons. The largest absolute Gasteiger partial charge is 0.344 e. The Balaban J connectivity index is 1.63. The summed E-state index contributed by atoms with van der Waals surface area (Å²) in [5.41, 5.74) is 8.85. The zero-order valence-corrected chi connectivity index (χ0v) is 22.4. The lowest BCUT2D eigenvalue weighted by molar-refractivity contribution is 0.0924. The van der Waals surface area contributed by atoms with Crippen LogP contribution < -0.4 is 4.90 Å². The van der Waals surface area contributed by atoms with Crippen LogP contribution in [0.2, 0.25) is 0 Å². The number of hydrogen-bond acceptors (Lipinski definition) is 2. The quantitative estimate of drug-likeness (QED) is 0.223. The van der Waals surface area contributed by atoms with E-state index in [1.807, 2.05) is 42.5 Å². The van der Waals surface area contributed by atoms with Crippen molar-refractivity contribution in [2.24, 2.45) is 5.92 Å². The summed E-state index contributed by atoms with van der Waals surface area (Å²) >= 11 is 0. The van der Waals surface area contributed by atoms with Crippen molar-refractivity contribution >= 4 is 28.3 Å². The van der Waals surface area contributed by atoms with Crippen molar-refractivity contribution in [2.45, 2.75) is 5.41 Å². The molecule has 1 unspecified atom stereocenters. The van der Waals surface area contributed by atoms with E-state index in [4.69, 9.17) is 0 Å². The fourth-order valence-corrected chi connectivity index (χ4v) is 6.63. The highest BCUT2D eigenvalue weighted by atomic mass is 16.1. The van der Waals surface area contributed by atoms with Gasteiger partial charge in [-0.05, 0) is 45.5 Å². The van der Waals surface area contributed by atoms with Gasteiger partial charge in [0.25, 0.3) is 0 Å². The molecule has 0 N–H and O–H groups in total. The van der Waals surface area contributed by atoms with Gasteiger partial charge in [-0.2, -0.15) is 0 Å². The van der Waals surface area contributed by atoms with E-state index >= 15 is 0 Å². The van der Waals surface area contributed by atoms with Crippen LogP contribution in [-0.2, 0) is 5.41 Å². The Kier molecular flexibility index (Phi) is 5.82. The molecular weight excluding hydrogens is 486 g/mol. The number of allylic oxidation sites excluding steroid dienone is 4. The van der Waals surface area contributed by atoms with Crippen LogP contribution in [0.25, 0.3) is 11.1 Å². The van der Waals surface area contributed by atoms with Crippen molar-refractivity contribution in [3.63, 3.8) is 0 Å². The molecule has 1 heterocycles. The Morgan fingerprint density at radius 2 is 1.07 bits per heavy atom. The van der Waals surface area contributed by atoms with Crippen LogP contribution in [0.1, 0.15) is 32.6 Å². The molecule has 7 rings (SSSR count). The number of carbonyl (C=O) groups is 1. The molecule has 192 valence electrons. The molecule has 0 saturated heterocycles. The van der Waals surface area contributed by atoms with Crippen molar-refractivity contribution in [3.05, 3.63) is 179 Å². The number of hydrogen-bond donors (Lipinski definition) is 0. The van der Waals surface area contributed by atoms with Gasteiger partial charge in [0.2, 0.25) is 0 Å². The van der Waals surface area contributed by atoms with E-state index in [-0.39, 0.29) is 5.78 Å². The molecule has 2 nitrogen and oxygen atoms in total. The molecule has 2 aliphatic rings. The van der Waals surface area contributed by atoms with Crippen molar-refractivity contribution in [1.82, 2.24) is 0 Å². The first kappa shape index (κ1) is 24.1. The molecule has 5 aromatic carbocycles. The predicted octanol–water partition coefficient (Wildman–Crippen LogP) is 8.73. The van der Waals surface area contributed by atoms with Crippen LogP contribution in [0.15, 0.2) is 152 Å². The van der Waals surface area contributed by atoms with Gasteiger partial charge in [-0.15, -0.1) is 0 Å². The number of rotatable bonds is 4. The van der Waals surface area contributed by atoms with Crippen molar-refractivity contribution in [2.75, 3.05) is 11.9 Å². The predicted molar refractivity (Wildman–Crippen MR) is 165 cm³/mol. The van der Waals surface area contributed by atoms with Crippen molar-refractivity contribution in [3.8, 4) is 0 Å². The summed E-state index contributed by atoms with van der Waals surface area (Å²) in [6.07, 6.45) is 4.61.